The van der Waals surface area contributed by atoms with Crippen molar-refractivity contribution in [3.8, 4) is 0 Å². The molecule has 0 aliphatic heterocycles. The normalized spacial score (nSPS) is 22.9. The van der Waals surface area contributed by atoms with E-state index in [2.05, 4.69) is 51.4 Å². The number of nitrogens with zero attached hydrogens (tertiary/aromatic N) is 1. The van der Waals surface area contributed by atoms with Gasteiger partial charge in [0.15, 0.2) is 0 Å². The standard InChI is InChI=1S/C14H15BrN2/c1-9-7-13(9)17-8-10-4-5-12(15)11-3-2-6-16-14(10)11/h2-6,9,13,17H,7-8H2,1H3. The second-order valence-electron chi connectivity index (χ2n) is 4.81. The van der Waals surface area contributed by atoms with Crippen molar-refractivity contribution in [1.29, 1.82) is 0 Å². The van der Waals surface area contributed by atoms with Crippen LogP contribution in [0.15, 0.2) is 34.9 Å². The SMILES string of the molecule is CC1CC1NCc1ccc(Br)c2cccnc12. The first kappa shape index (κ1) is 11.2. The predicted molar refractivity (Wildman–Crippen MR) is 73.9 cm³/mol. The van der Waals surface area contributed by atoms with Gasteiger partial charge in [-0.25, -0.2) is 0 Å². The number of nitrogens with one attached hydrogen (secondary N) is 1. The van der Waals surface area contributed by atoms with Crippen molar-refractivity contribution in [3.63, 3.8) is 0 Å². The summed E-state index contributed by atoms with van der Waals surface area (Å²) in [7, 11) is 0. The van der Waals surface area contributed by atoms with Gasteiger partial charge < -0.3 is 5.32 Å². The Hall–Kier alpha value is -0.930. The molecule has 1 saturated carbocycles. The number of halogens is 1. The summed E-state index contributed by atoms with van der Waals surface area (Å²) in [6, 6.07) is 9.05. The van der Waals surface area contributed by atoms with Gasteiger partial charge in [0.1, 0.15) is 0 Å². The van der Waals surface area contributed by atoms with Crippen molar-refractivity contribution in [3.05, 3.63) is 40.5 Å². The van der Waals surface area contributed by atoms with Crippen LogP contribution in [0.4, 0.5) is 0 Å². The van der Waals surface area contributed by atoms with Gasteiger partial charge in [-0.15, -0.1) is 0 Å². The van der Waals surface area contributed by atoms with Crippen molar-refractivity contribution in [2.24, 2.45) is 5.92 Å². The minimum atomic E-state index is 0.706. The van der Waals surface area contributed by atoms with Crippen molar-refractivity contribution in [2.75, 3.05) is 0 Å². The third kappa shape index (κ3) is 2.22. The van der Waals surface area contributed by atoms with Gasteiger partial charge >= 0.3 is 0 Å². The Kier molecular flexibility index (Phi) is 2.89. The second-order valence-corrected chi connectivity index (χ2v) is 5.66. The Bertz CT molecular complexity index is 553. The molecule has 2 atom stereocenters. The summed E-state index contributed by atoms with van der Waals surface area (Å²) in [6.07, 6.45) is 3.17. The van der Waals surface area contributed by atoms with Crippen molar-refractivity contribution < 1.29 is 0 Å². The van der Waals surface area contributed by atoms with E-state index in [1.54, 1.807) is 0 Å². The largest absolute Gasteiger partial charge is 0.310 e. The summed E-state index contributed by atoms with van der Waals surface area (Å²) in [5, 5.41) is 4.77. The first-order chi connectivity index (χ1) is 8.25. The first-order valence-electron chi connectivity index (χ1n) is 6.01. The summed E-state index contributed by atoms with van der Waals surface area (Å²) in [5.41, 5.74) is 2.38. The highest BCUT2D eigenvalue weighted by Gasteiger charge is 2.31. The quantitative estimate of drug-likeness (QED) is 0.936. The molecule has 17 heavy (non-hydrogen) atoms. The topological polar surface area (TPSA) is 24.9 Å². The molecule has 0 amide bonds. The van der Waals surface area contributed by atoms with Crippen molar-refractivity contribution in [2.45, 2.75) is 25.9 Å². The number of hydrogen-bond donors (Lipinski definition) is 1. The van der Waals surface area contributed by atoms with E-state index >= 15 is 0 Å². The van der Waals surface area contributed by atoms with E-state index < -0.39 is 0 Å². The molecule has 0 saturated heterocycles. The number of rotatable bonds is 3. The van der Waals surface area contributed by atoms with Crippen LogP contribution in [-0.2, 0) is 6.54 Å². The van der Waals surface area contributed by atoms with Crippen LogP contribution in [0.1, 0.15) is 18.9 Å². The van der Waals surface area contributed by atoms with Gasteiger partial charge in [0.25, 0.3) is 0 Å². The Morgan fingerprint density at radius 1 is 1.41 bits per heavy atom. The molecular weight excluding hydrogens is 276 g/mol. The Morgan fingerprint density at radius 2 is 2.24 bits per heavy atom. The maximum absolute atomic E-state index is 4.49. The highest BCUT2D eigenvalue weighted by molar-refractivity contribution is 9.10. The molecule has 1 fully saturated rings. The number of pyridine rings is 1. The van der Waals surface area contributed by atoms with Gasteiger partial charge in [0, 0.05) is 28.6 Å². The molecule has 3 rings (SSSR count). The lowest BCUT2D eigenvalue weighted by Gasteiger charge is -2.08. The lowest BCUT2D eigenvalue weighted by molar-refractivity contribution is 0.654. The molecule has 0 spiro atoms. The van der Waals surface area contributed by atoms with Crippen LogP contribution in [0, 0.1) is 5.92 Å². The fourth-order valence-electron chi connectivity index (χ4n) is 2.19. The molecule has 1 N–H and O–H groups in total. The highest BCUT2D eigenvalue weighted by Crippen LogP contribution is 2.30. The number of aromatic nitrogens is 1. The minimum Gasteiger partial charge on any atom is -0.310 e. The summed E-state index contributed by atoms with van der Waals surface area (Å²) in [4.78, 5) is 4.49. The van der Waals surface area contributed by atoms with Gasteiger partial charge in [-0.1, -0.05) is 35.0 Å². The fourth-order valence-corrected chi connectivity index (χ4v) is 2.64. The van der Waals surface area contributed by atoms with E-state index in [4.69, 9.17) is 0 Å². The van der Waals surface area contributed by atoms with E-state index in [0.29, 0.717) is 6.04 Å². The molecule has 88 valence electrons. The third-order valence-electron chi connectivity index (χ3n) is 3.46. The van der Waals surface area contributed by atoms with Crippen LogP contribution in [-0.4, -0.2) is 11.0 Å². The zero-order valence-corrected chi connectivity index (χ0v) is 11.4. The third-order valence-corrected chi connectivity index (χ3v) is 4.16. The van der Waals surface area contributed by atoms with Crippen molar-refractivity contribution in [1.82, 2.24) is 10.3 Å². The van der Waals surface area contributed by atoms with E-state index in [1.165, 1.54) is 17.4 Å². The summed E-state index contributed by atoms with van der Waals surface area (Å²) < 4.78 is 1.11. The van der Waals surface area contributed by atoms with Crippen LogP contribution in [0.3, 0.4) is 0 Å². The molecule has 1 aliphatic rings. The van der Waals surface area contributed by atoms with E-state index in [0.717, 1.165) is 22.5 Å². The minimum absolute atomic E-state index is 0.706. The van der Waals surface area contributed by atoms with Crippen LogP contribution in [0.5, 0.6) is 0 Å². The maximum atomic E-state index is 4.49. The molecule has 2 nitrogen and oxygen atoms in total. The molecule has 0 bridgehead atoms. The van der Waals surface area contributed by atoms with E-state index in [9.17, 15) is 0 Å². The van der Waals surface area contributed by atoms with E-state index in [-0.39, 0.29) is 0 Å². The van der Waals surface area contributed by atoms with Gasteiger partial charge in [-0.05, 0) is 30.0 Å². The number of fused-ring (bicyclic) bond motifs is 1. The van der Waals surface area contributed by atoms with Gasteiger partial charge in [-0.3, -0.25) is 4.98 Å². The van der Waals surface area contributed by atoms with Gasteiger partial charge in [-0.2, -0.15) is 0 Å². The Labute approximate surface area is 110 Å². The van der Waals surface area contributed by atoms with Crippen molar-refractivity contribution >= 4 is 26.8 Å². The fraction of sp³-hybridized carbons (Fsp3) is 0.357. The Morgan fingerprint density at radius 3 is 3.00 bits per heavy atom. The van der Waals surface area contributed by atoms with Crippen LogP contribution in [0.25, 0.3) is 10.9 Å². The summed E-state index contributed by atoms with van der Waals surface area (Å²) in [6.45, 7) is 3.20. The van der Waals surface area contributed by atoms with E-state index in [1.807, 2.05) is 12.3 Å². The van der Waals surface area contributed by atoms with Crippen LogP contribution < -0.4 is 5.32 Å². The number of hydrogen-bond acceptors (Lipinski definition) is 2. The van der Waals surface area contributed by atoms with Crippen LogP contribution in [0.2, 0.25) is 0 Å². The molecule has 1 aromatic heterocycles. The zero-order chi connectivity index (χ0) is 11.8. The zero-order valence-electron chi connectivity index (χ0n) is 9.78. The maximum Gasteiger partial charge on any atom is 0.0758 e. The average molecular weight is 291 g/mol. The molecule has 0 radical (unpaired) electrons. The monoisotopic (exact) mass is 290 g/mol. The lowest BCUT2D eigenvalue weighted by atomic mass is 10.1. The first-order valence-corrected chi connectivity index (χ1v) is 6.80. The van der Waals surface area contributed by atoms with Gasteiger partial charge in [0.05, 0.1) is 5.52 Å². The summed E-state index contributed by atoms with van der Waals surface area (Å²) in [5.74, 6) is 0.838. The second kappa shape index (κ2) is 4.39. The molecule has 3 heteroatoms. The highest BCUT2D eigenvalue weighted by atomic mass is 79.9. The van der Waals surface area contributed by atoms with Gasteiger partial charge in [0.2, 0.25) is 0 Å². The summed E-state index contributed by atoms with van der Waals surface area (Å²) >= 11 is 3.57. The molecule has 2 unspecified atom stereocenters. The van der Waals surface area contributed by atoms with Crippen LogP contribution >= 0.6 is 15.9 Å². The smallest absolute Gasteiger partial charge is 0.0758 e. The Balaban J connectivity index is 1.90. The predicted octanol–water partition coefficient (Wildman–Crippen LogP) is 3.50. The lowest BCUT2D eigenvalue weighted by Crippen LogP contribution is -2.17. The number of benzene rings is 1. The molecule has 1 heterocycles. The molecular formula is C14H15BrN2. The molecule has 1 aliphatic carbocycles. The molecule has 1 aromatic carbocycles. The molecule has 2 aromatic rings. The average Bonchev–Trinajstić information content (AvgIpc) is 3.05.